The van der Waals surface area contributed by atoms with E-state index in [0.29, 0.717) is 17.0 Å². The molecule has 0 saturated heterocycles. The van der Waals surface area contributed by atoms with Gasteiger partial charge in [-0.1, -0.05) is 0 Å². The molecule has 1 heterocycles. The Balaban J connectivity index is 3.15. The molecule has 1 rings (SSSR count). The van der Waals surface area contributed by atoms with Crippen LogP contribution in [0.4, 0.5) is 0 Å². The van der Waals surface area contributed by atoms with E-state index in [1.54, 1.807) is 20.1 Å². The Hall–Kier alpha value is -1.58. The molecule has 1 aromatic heterocycles. The minimum absolute atomic E-state index is 0.293. The highest BCUT2D eigenvalue weighted by atomic mass is 16.5. The third-order valence-electron chi connectivity index (χ3n) is 1.75. The standard InChI is InChI=1S/C9H11NO3/c1-6-7(12-2)4-5-10-8(6)9(11)13-3/h4-5H,1-3H3. The van der Waals surface area contributed by atoms with Gasteiger partial charge >= 0.3 is 5.97 Å². The highest BCUT2D eigenvalue weighted by molar-refractivity contribution is 5.89. The van der Waals surface area contributed by atoms with E-state index in [1.165, 1.54) is 13.3 Å². The summed E-state index contributed by atoms with van der Waals surface area (Å²) in [6.45, 7) is 1.76. The topological polar surface area (TPSA) is 48.4 Å². The second-order valence-corrected chi connectivity index (χ2v) is 2.48. The van der Waals surface area contributed by atoms with Crippen molar-refractivity contribution < 1.29 is 14.3 Å². The molecule has 0 N–H and O–H groups in total. The fourth-order valence-electron chi connectivity index (χ4n) is 1.04. The molecule has 0 radical (unpaired) electrons. The molecule has 4 nitrogen and oxygen atoms in total. The number of carbonyl (C=O) groups excluding carboxylic acids is 1. The number of ether oxygens (including phenoxy) is 2. The Morgan fingerprint density at radius 2 is 2.15 bits per heavy atom. The summed E-state index contributed by atoms with van der Waals surface area (Å²) < 4.78 is 9.59. The van der Waals surface area contributed by atoms with Gasteiger partial charge in [0.05, 0.1) is 14.2 Å². The number of esters is 1. The summed E-state index contributed by atoms with van der Waals surface area (Å²) in [5, 5.41) is 0. The third-order valence-corrected chi connectivity index (χ3v) is 1.75. The van der Waals surface area contributed by atoms with Crippen molar-refractivity contribution >= 4 is 5.97 Å². The zero-order chi connectivity index (χ0) is 9.84. The largest absolute Gasteiger partial charge is 0.496 e. The number of pyridine rings is 1. The van der Waals surface area contributed by atoms with Crippen LogP contribution in [-0.4, -0.2) is 25.2 Å². The first-order valence-electron chi connectivity index (χ1n) is 3.78. The van der Waals surface area contributed by atoms with Crippen LogP contribution in [0, 0.1) is 6.92 Å². The van der Waals surface area contributed by atoms with Crippen LogP contribution in [0.25, 0.3) is 0 Å². The zero-order valence-electron chi connectivity index (χ0n) is 7.83. The predicted octanol–water partition coefficient (Wildman–Crippen LogP) is 1.19. The Bertz CT molecular complexity index is 323. The lowest BCUT2D eigenvalue weighted by Crippen LogP contribution is -2.07. The lowest BCUT2D eigenvalue weighted by Gasteiger charge is -2.06. The van der Waals surface area contributed by atoms with Gasteiger partial charge in [-0.15, -0.1) is 0 Å². The molecule has 0 amide bonds. The molecule has 0 fully saturated rings. The average molecular weight is 181 g/mol. The van der Waals surface area contributed by atoms with Crippen LogP contribution < -0.4 is 4.74 Å². The molecule has 0 bridgehead atoms. The first-order valence-corrected chi connectivity index (χ1v) is 3.78. The van der Waals surface area contributed by atoms with Gasteiger partial charge in [0.25, 0.3) is 0 Å². The van der Waals surface area contributed by atoms with Crippen LogP contribution in [-0.2, 0) is 4.74 Å². The average Bonchev–Trinajstić information content (AvgIpc) is 2.17. The summed E-state index contributed by atoms with van der Waals surface area (Å²) >= 11 is 0. The second-order valence-electron chi connectivity index (χ2n) is 2.48. The first-order chi connectivity index (χ1) is 6.20. The molecule has 0 atom stereocenters. The van der Waals surface area contributed by atoms with Gasteiger partial charge in [0.1, 0.15) is 5.75 Å². The molecule has 13 heavy (non-hydrogen) atoms. The van der Waals surface area contributed by atoms with E-state index in [4.69, 9.17) is 4.74 Å². The van der Waals surface area contributed by atoms with Crippen molar-refractivity contribution in [1.82, 2.24) is 4.98 Å². The number of hydrogen-bond acceptors (Lipinski definition) is 4. The van der Waals surface area contributed by atoms with E-state index in [-0.39, 0.29) is 0 Å². The van der Waals surface area contributed by atoms with Gasteiger partial charge in [-0.3, -0.25) is 0 Å². The van der Waals surface area contributed by atoms with Crippen LogP contribution in [0.1, 0.15) is 16.1 Å². The number of rotatable bonds is 2. The number of aromatic nitrogens is 1. The summed E-state index contributed by atoms with van der Waals surface area (Å²) in [5.74, 6) is 0.187. The van der Waals surface area contributed by atoms with Crippen LogP contribution >= 0.6 is 0 Å². The maximum Gasteiger partial charge on any atom is 0.357 e. The predicted molar refractivity (Wildman–Crippen MR) is 46.9 cm³/mol. The van der Waals surface area contributed by atoms with E-state index < -0.39 is 5.97 Å². The normalized spacial score (nSPS) is 9.46. The van der Waals surface area contributed by atoms with Gasteiger partial charge < -0.3 is 9.47 Å². The summed E-state index contributed by atoms with van der Waals surface area (Å²) in [6.07, 6.45) is 1.51. The highest BCUT2D eigenvalue weighted by Gasteiger charge is 2.13. The summed E-state index contributed by atoms with van der Waals surface area (Å²) in [5.41, 5.74) is 0.985. The number of methoxy groups -OCH3 is 2. The molecule has 0 saturated carbocycles. The molecule has 0 aromatic carbocycles. The summed E-state index contributed by atoms with van der Waals surface area (Å²) in [6, 6.07) is 1.70. The van der Waals surface area contributed by atoms with E-state index in [0.717, 1.165) is 0 Å². The van der Waals surface area contributed by atoms with Crippen LogP contribution in [0.3, 0.4) is 0 Å². The van der Waals surface area contributed by atoms with Gasteiger partial charge in [0.2, 0.25) is 0 Å². The van der Waals surface area contributed by atoms with Gasteiger partial charge in [0.15, 0.2) is 5.69 Å². The van der Waals surface area contributed by atoms with Crippen molar-refractivity contribution in [3.63, 3.8) is 0 Å². The Morgan fingerprint density at radius 3 is 2.69 bits per heavy atom. The molecule has 4 heteroatoms. The van der Waals surface area contributed by atoms with Crippen molar-refractivity contribution in [3.8, 4) is 5.75 Å². The fourth-order valence-corrected chi connectivity index (χ4v) is 1.04. The Labute approximate surface area is 76.5 Å². The number of carbonyl (C=O) groups is 1. The van der Waals surface area contributed by atoms with Crippen molar-refractivity contribution in [2.24, 2.45) is 0 Å². The molecule has 0 aliphatic rings. The summed E-state index contributed by atoms with van der Waals surface area (Å²) in [7, 11) is 2.87. The molecular formula is C9H11NO3. The highest BCUT2D eigenvalue weighted by Crippen LogP contribution is 2.18. The third kappa shape index (κ3) is 1.77. The minimum Gasteiger partial charge on any atom is -0.496 e. The van der Waals surface area contributed by atoms with E-state index in [9.17, 15) is 4.79 Å². The Morgan fingerprint density at radius 1 is 1.46 bits per heavy atom. The second kappa shape index (κ2) is 3.89. The maximum atomic E-state index is 11.2. The van der Waals surface area contributed by atoms with Crippen molar-refractivity contribution in [2.45, 2.75) is 6.92 Å². The van der Waals surface area contributed by atoms with Gasteiger partial charge in [-0.05, 0) is 13.0 Å². The summed E-state index contributed by atoms with van der Waals surface area (Å²) in [4.78, 5) is 15.1. The maximum absolute atomic E-state index is 11.2. The zero-order valence-corrected chi connectivity index (χ0v) is 7.83. The smallest absolute Gasteiger partial charge is 0.357 e. The molecule has 1 aromatic rings. The Kier molecular flexibility index (Phi) is 2.84. The van der Waals surface area contributed by atoms with Crippen LogP contribution in [0.2, 0.25) is 0 Å². The van der Waals surface area contributed by atoms with Gasteiger partial charge in [-0.2, -0.15) is 0 Å². The van der Waals surface area contributed by atoms with E-state index in [2.05, 4.69) is 9.72 Å². The fraction of sp³-hybridized carbons (Fsp3) is 0.333. The van der Waals surface area contributed by atoms with Crippen molar-refractivity contribution in [2.75, 3.05) is 14.2 Å². The minimum atomic E-state index is -0.448. The number of nitrogens with zero attached hydrogens (tertiary/aromatic N) is 1. The first kappa shape index (κ1) is 9.51. The quantitative estimate of drug-likeness (QED) is 0.643. The number of hydrogen-bond donors (Lipinski definition) is 0. The van der Waals surface area contributed by atoms with Crippen LogP contribution in [0.5, 0.6) is 5.75 Å². The van der Waals surface area contributed by atoms with E-state index in [1.807, 2.05) is 0 Å². The van der Waals surface area contributed by atoms with Gasteiger partial charge in [0, 0.05) is 11.8 Å². The lowest BCUT2D eigenvalue weighted by atomic mass is 10.2. The molecule has 0 unspecified atom stereocenters. The van der Waals surface area contributed by atoms with Crippen molar-refractivity contribution in [1.29, 1.82) is 0 Å². The van der Waals surface area contributed by atoms with Gasteiger partial charge in [-0.25, -0.2) is 9.78 Å². The molecule has 0 aliphatic carbocycles. The molecule has 70 valence electrons. The molecular weight excluding hydrogens is 170 g/mol. The lowest BCUT2D eigenvalue weighted by molar-refractivity contribution is 0.0592. The molecule has 0 spiro atoms. The van der Waals surface area contributed by atoms with Crippen molar-refractivity contribution in [3.05, 3.63) is 23.5 Å². The SMILES string of the molecule is COC(=O)c1nccc(OC)c1C. The monoisotopic (exact) mass is 181 g/mol. The molecule has 0 aliphatic heterocycles. The van der Waals surface area contributed by atoms with Crippen LogP contribution in [0.15, 0.2) is 12.3 Å². The van der Waals surface area contributed by atoms with E-state index >= 15 is 0 Å².